The van der Waals surface area contributed by atoms with Gasteiger partial charge in [-0.3, -0.25) is 0 Å². The summed E-state index contributed by atoms with van der Waals surface area (Å²) in [5.41, 5.74) is -1.69. The molecular weight excluding hydrogens is 270 g/mol. The van der Waals surface area contributed by atoms with Gasteiger partial charge >= 0.3 is 22.4 Å². The number of aromatic nitrogens is 1. The molecule has 0 unspecified atom stereocenters. The molecule has 1 rings (SSSR count). The molecule has 0 aliphatic heterocycles. The molecule has 78 valence electrons. The third-order valence-corrected chi connectivity index (χ3v) is 0.847. The zero-order chi connectivity index (χ0) is 9.61. The summed E-state index contributed by atoms with van der Waals surface area (Å²) in [6, 6.07) is 0. The number of aliphatic hydroxyl groups is 1. The number of nitrogens with zero attached hydrogens (tertiary/aromatic N) is 1. The third kappa shape index (κ3) is 9.29. The Bertz CT molecular complexity index is 200. The maximum atomic E-state index is 9.66. The van der Waals surface area contributed by atoms with Gasteiger partial charge in [0.25, 0.3) is 0 Å². The van der Waals surface area contributed by atoms with Crippen molar-refractivity contribution in [2.24, 2.45) is 0 Å². The molecule has 0 aliphatic carbocycles. The second-order valence-electron chi connectivity index (χ2n) is 2.52. The average Bonchev–Trinajstić information content (AvgIpc) is 2.39. The van der Waals surface area contributed by atoms with Crippen LogP contribution in [-0.2, 0) is 27.2 Å². The fourth-order valence-electron chi connectivity index (χ4n) is 0.176. The Morgan fingerprint density at radius 3 is 2.15 bits per heavy atom. The van der Waals surface area contributed by atoms with E-state index in [1.165, 1.54) is 12.7 Å². The van der Waals surface area contributed by atoms with E-state index >= 15 is 0 Å². The summed E-state index contributed by atoms with van der Waals surface area (Å²) in [6.45, 7) is 2.31. The standard InChI is InChI=1S/C4H8O3.C3H3NO.Ag/c1-4(2,7)3(5)6;1-2-5-3-4-1;/h7H,1-2H3,(H,5,6);1-3H;/q;;+1/p-1. The zero-order valence-corrected chi connectivity index (χ0v) is 8.63. The largest absolute Gasteiger partial charge is 1.00 e. The van der Waals surface area contributed by atoms with Crippen LogP contribution < -0.4 is 5.11 Å². The molecule has 1 heterocycles. The summed E-state index contributed by atoms with van der Waals surface area (Å²) in [6.07, 6.45) is 4.47. The maximum absolute atomic E-state index is 9.66. The van der Waals surface area contributed by atoms with E-state index in [0.29, 0.717) is 0 Å². The zero-order valence-electron chi connectivity index (χ0n) is 7.15. The number of hydrogen-bond acceptors (Lipinski definition) is 5. The van der Waals surface area contributed by atoms with Gasteiger partial charge in [-0.2, -0.15) is 0 Å². The van der Waals surface area contributed by atoms with E-state index in [-0.39, 0.29) is 22.4 Å². The van der Waals surface area contributed by atoms with Crippen molar-refractivity contribution in [3.63, 3.8) is 0 Å². The number of carbonyl (C=O) groups excluding carboxylic acids is 1. The smallest absolute Gasteiger partial charge is 0.547 e. The Labute approximate surface area is 91.3 Å². The van der Waals surface area contributed by atoms with Crippen molar-refractivity contribution >= 4 is 5.97 Å². The molecule has 0 aliphatic rings. The Morgan fingerprint density at radius 1 is 1.62 bits per heavy atom. The van der Waals surface area contributed by atoms with Gasteiger partial charge in [-0.05, 0) is 13.8 Å². The number of aliphatic carboxylic acids is 1. The van der Waals surface area contributed by atoms with Crippen LogP contribution in [0.15, 0.2) is 23.3 Å². The minimum absolute atomic E-state index is 0. The normalized spacial score (nSPS) is 9.15. The molecule has 0 saturated carbocycles. The molecular formula is C7H10AgNO4. The van der Waals surface area contributed by atoms with Gasteiger partial charge < -0.3 is 19.4 Å². The third-order valence-electron chi connectivity index (χ3n) is 0.847. The quantitative estimate of drug-likeness (QED) is 0.679. The molecule has 0 atom stereocenters. The van der Waals surface area contributed by atoms with Crippen molar-refractivity contribution in [1.82, 2.24) is 4.98 Å². The summed E-state index contributed by atoms with van der Waals surface area (Å²) in [4.78, 5) is 13.2. The van der Waals surface area contributed by atoms with Crippen LogP contribution in [0.2, 0.25) is 0 Å². The van der Waals surface area contributed by atoms with Crippen LogP contribution in [0.1, 0.15) is 13.8 Å². The van der Waals surface area contributed by atoms with Gasteiger partial charge in [0.2, 0.25) is 0 Å². The first-order chi connectivity index (χ1) is 5.44. The predicted octanol–water partition coefficient (Wildman–Crippen LogP) is -0.821. The van der Waals surface area contributed by atoms with Crippen LogP contribution in [0.25, 0.3) is 0 Å². The van der Waals surface area contributed by atoms with Crippen molar-refractivity contribution in [1.29, 1.82) is 0 Å². The van der Waals surface area contributed by atoms with Crippen LogP contribution in [0.4, 0.5) is 0 Å². The summed E-state index contributed by atoms with van der Waals surface area (Å²) in [5.74, 6) is -1.45. The van der Waals surface area contributed by atoms with E-state index in [0.717, 1.165) is 13.8 Å². The average molecular weight is 280 g/mol. The van der Waals surface area contributed by atoms with Gasteiger partial charge in [-0.25, -0.2) is 4.98 Å². The summed E-state index contributed by atoms with van der Waals surface area (Å²) in [7, 11) is 0. The van der Waals surface area contributed by atoms with E-state index in [4.69, 9.17) is 5.11 Å². The van der Waals surface area contributed by atoms with Gasteiger partial charge in [0, 0.05) is 0 Å². The van der Waals surface area contributed by atoms with E-state index in [2.05, 4.69) is 9.40 Å². The molecule has 1 aromatic heterocycles. The van der Waals surface area contributed by atoms with Crippen molar-refractivity contribution in [3.05, 3.63) is 18.9 Å². The molecule has 13 heavy (non-hydrogen) atoms. The molecule has 0 bridgehead atoms. The van der Waals surface area contributed by atoms with E-state index in [9.17, 15) is 9.90 Å². The molecule has 5 nitrogen and oxygen atoms in total. The molecule has 0 fully saturated rings. The second kappa shape index (κ2) is 6.85. The number of hydrogen-bond donors (Lipinski definition) is 1. The topological polar surface area (TPSA) is 86.4 Å². The minimum atomic E-state index is -1.69. The minimum Gasteiger partial charge on any atom is -0.547 e. The van der Waals surface area contributed by atoms with Crippen molar-refractivity contribution < 1.29 is 41.8 Å². The summed E-state index contributed by atoms with van der Waals surface area (Å²) >= 11 is 0. The molecule has 6 heteroatoms. The van der Waals surface area contributed by atoms with Crippen molar-refractivity contribution in [2.45, 2.75) is 19.4 Å². The van der Waals surface area contributed by atoms with Crippen LogP contribution in [0, 0.1) is 0 Å². The number of carbonyl (C=O) groups is 1. The number of oxazole rings is 1. The molecule has 0 spiro atoms. The van der Waals surface area contributed by atoms with E-state index < -0.39 is 11.6 Å². The van der Waals surface area contributed by atoms with E-state index in [1.807, 2.05) is 0 Å². The van der Waals surface area contributed by atoms with Crippen LogP contribution >= 0.6 is 0 Å². The number of carboxylic acids is 1. The van der Waals surface area contributed by atoms with E-state index in [1.54, 1.807) is 6.20 Å². The fraction of sp³-hybridized carbons (Fsp3) is 0.429. The number of carboxylic acid groups (broad SMARTS) is 1. The molecule has 0 aromatic carbocycles. The van der Waals surface area contributed by atoms with Crippen LogP contribution in [-0.4, -0.2) is 21.7 Å². The molecule has 0 amide bonds. The molecule has 0 radical (unpaired) electrons. The maximum Gasteiger partial charge on any atom is 1.00 e. The van der Waals surface area contributed by atoms with Gasteiger partial charge in [-0.1, -0.05) is 0 Å². The van der Waals surface area contributed by atoms with Gasteiger partial charge in [0.15, 0.2) is 6.39 Å². The summed E-state index contributed by atoms with van der Waals surface area (Å²) in [5, 5.41) is 18.1. The molecule has 0 saturated heterocycles. The Hall–Kier alpha value is -0.620. The Kier molecular flexibility index (Phi) is 7.84. The second-order valence-corrected chi connectivity index (χ2v) is 2.52. The van der Waals surface area contributed by atoms with Gasteiger partial charge in [0.1, 0.15) is 6.26 Å². The van der Waals surface area contributed by atoms with Gasteiger partial charge in [0.05, 0.1) is 17.8 Å². The van der Waals surface area contributed by atoms with Crippen LogP contribution in [0.5, 0.6) is 0 Å². The van der Waals surface area contributed by atoms with Crippen LogP contribution in [0.3, 0.4) is 0 Å². The van der Waals surface area contributed by atoms with Gasteiger partial charge in [-0.15, -0.1) is 0 Å². The fourth-order valence-corrected chi connectivity index (χ4v) is 0.176. The first kappa shape index (κ1) is 14.9. The SMILES string of the molecule is CC(C)(O)C(=O)[O-].[Ag+].c1cocn1. The Morgan fingerprint density at radius 2 is 2.08 bits per heavy atom. The summed E-state index contributed by atoms with van der Waals surface area (Å²) < 4.78 is 4.47. The number of rotatable bonds is 1. The first-order valence-corrected chi connectivity index (χ1v) is 3.20. The van der Waals surface area contributed by atoms with Crippen molar-refractivity contribution in [3.8, 4) is 0 Å². The monoisotopic (exact) mass is 279 g/mol. The predicted molar refractivity (Wildman–Crippen MR) is 37.8 cm³/mol. The first-order valence-electron chi connectivity index (χ1n) is 3.20. The molecule has 1 N–H and O–H groups in total. The molecule has 1 aromatic rings. The Balaban J connectivity index is 0. The van der Waals surface area contributed by atoms with Crippen molar-refractivity contribution in [2.75, 3.05) is 0 Å².